The molecule has 2 aromatic heterocycles. The number of nitrogens with one attached hydrogen (secondary N) is 3. The molecule has 1 amide bonds. The smallest absolute Gasteiger partial charge is 0.364 e. The Morgan fingerprint density at radius 3 is 3.10 bits per heavy atom. The Hall–Kier alpha value is -2.42. The number of carbonyl (C=O) groups is 1. The molecular formula is C11H16N6O3. The largest absolute Gasteiger partial charge is 0.383 e. The predicted molar refractivity (Wildman–Crippen MR) is 71.6 cm³/mol. The summed E-state index contributed by atoms with van der Waals surface area (Å²) < 4.78 is 5.97. The van der Waals surface area contributed by atoms with E-state index >= 15 is 0 Å². The van der Waals surface area contributed by atoms with Gasteiger partial charge >= 0.3 is 5.69 Å². The lowest BCUT2D eigenvalue weighted by Gasteiger charge is -2.14. The maximum atomic E-state index is 11.8. The number of rotatable bonds is 6. The lowest BCUT2D eigenvalue weighted by molar-refractivity contribution is -0.121. The van der Waals surface area contributed by atoms with Gasteiger partial charge in [-0.25, -0.2) is 9.89 Å². The molecule has 0 radical (unpaired) electrons. The second-order valence-corrected chi connectivity index (χ2v) is 4.17. The number of H-pyrrole nitrogens is 1. The van der Waals surface area contributed by atoms with Gasteiger partial charge in [-0.1, -0.05) is 0 Å². The number of anilines is 1. The van der Waals surface area contributed by atoms with Crippen LogP contribution < -0.4 is 16.3 Å². The molecule has 3 N–H and O–H groups in total. The standard InChI is InChI=1S/C11H16N6O3/c1-7(10(18)12-5-6-20-2)13-8-3-4-9-14-15-11(19)17(9)16-8/h3-4,7H,5-6H2,1-2H3,(H,12,18)(H,13,16)(H,15,19). The third-order valence-corrected chi connectivity index (χ3v) is 2.64. The van der Waals surface area contributed by atoms with Crippen molar-refractivity contribution in [2.45, 2.75) is 13.0 Å². The predicted octanol–water partition coefficient (Wildman–Crippen LogP) is -1.02. The van der Waals surface area contributed by atoms with Crippen LogP contribution in [0.1, 0.15) is 6.92 Å². The van der Waals surface area contributed by atoms with Crippen molar-refractivity contribution in [2.24, 2.45) is 0 Å². The van der Waals surface area contributed by atoms with E-state index in [9.17, 15) is 9.59 Å². The van der Waals surface area contributed by atoms with E-state index in [1.165, 1.54) is 0 Å². The summed E-state index contributed by atoms with van der Waals surface area (Å²) in [7, 11) is 1.57. The highest BCUT2D eigenvalue weighted by Gasteiger charge is 2.13. The average molecular weight is 280 g/mol. The highest BCUT2D eigenvalue weighted by atomic mass is 16.5. The van der Waals surface area contributed by atoms with Crippen LogP contribution in [-0.2, 0) is 9.53 Å². The highest BCUT2D eigenvalue weighted by Crippen LogP contribution is 2.04. The Labute approximate surface area is 114 Å². The minimum atomic E-state index is -0.487. The first-order valence-corrected chi connectivity index (χ1v) is 6.09. The number of aromatic nitrogens is 4. The van der Waals surface area contributed by atoms with E-state index in [0.29, 0.717) is 24.6 Å². The second kappa shape index (κ2) is 6.15. The molecule has 0 fully saturated rings. The summed E-state index contributed by atoms with van der Waals surface area (Å²) in [6.07, 6.45) is 0. The van der Waals surface area contributed by atoms with E-state index in [1.807, 2.05) is 0 Å². The Morgan fingerprint density at radius 2 is 2.35 bits per heavy atom. The third kappa shape index (κ3) is 3.12. The number of amides is 1. The van der Waals surface area contributed by atoms with Gasteiger partial charge in [0.15, 0.2) is 5.65 Å². The molecule has 0 aliphatic rings. The van der Waals surface area contributed by atoms with Crippen LogP contribution in [0.25, 0.3) is 5.65 Å². The van der Waals surface area contributed by atoms with Crippen molar-refractivity contribution < 1.29 is 9.53 Å². The number of ether oxygens (including phenoxy) is 1. The molecular weight excluding hydrogens is 264 g/mol. The van der Waals surface area contributed by atoms with Crippen LogP contribution in [0.5, 0.6) is 0 Å². The summed E-state index contributed by atoms with van der Waals surface area (Å²) in [6.45, 7) is 2.59. The fourth-order valence-electron chi connectivity index (χ4n) is 1.60. The number of nitrogens with zero attached hydrogens (tertiary/aromatic N) is 3. The van der Waals surface area contributed by atoms with Crippen LogP contribution in [0.4, 0.5) is 5.82 Å². The zero-order valence-corrected chi connectivity index (χ0v) is 11.2. The van der Waals surface area contributed by atoms with Crippen LogP contribution >= 0.6 is 0 Å². The average Bonchev–Trinajstić information content (AvgIpc) is 2.80. The van der Waals surface area contributed by atoms with Crippen molar-refractivity contribution in [3.05, 3.63) is 22.6 Å². The quantitative estimate of drug-likeness (QED) is 0.584. The van der Waals surface area contributed by atoms with Crippen LogP contribution in [-0.4, -0.2) is 52.0 Å². The maximum absolute atomic E-state index is 11.8. The van der Waals surface area contributed by atoms with Gasteiger partial charge in [-0.2, -0.15) is 9.61 Å². The van der Waals surface area contributed by atoms with Crippen molar-refractivity contribution in [2.75, 3.05) is 25.6 Å². The molecule has 0 bridgehead atoms. The lowest BCUT2D eigenvalue weighted by Crippen LogP contribution is -2.39. The summed E-state index contributed by atoms with van der Waals surface area (Å²) in [6, 6.07) is 2.79. The van der Waals surface area contributed by atoms with Crippen LogP contribution in [0.3, 0.4) is 0 Å². The van der Waals surface area contributed by atoms with Gasteiger partial charge in [-0.15, -0.1) is 5.10 Å². The molecule has 0 aliphatic heterocycles. The van der Waals surface area contributed by atoms with Crippen molar-refractivity contribution in [3.8, 4) is 0 Å². The fraction of sp³-hybridized carbons (Fsp3) is 0.455. The Bertz CT molecular complexity index is 649. The summed E-state index contributed by atoms with van der Waals surface area (Å²) in [5, 5.41) is 15.7. The molecule has 9 nitrogen and oxygen atoms in total. The molecule has 9 heteroatoms. The van der Waals surface area contributed by atoms with Crippen molar-refractivity contribution >= 4 is 17.4 Å². The van der Waals surface area contributed by atoms with Gasteiger partial charge in [0, 0.05) is 13.7 Å². The van der Waals surface area contributed by atoms with Crippen molar-refractivity contribution in [1.82, 2.24) is 25.1 Å². The zero-order chi connectivity index (χ0) is 14.5. The second-order valence-electron chi connectivity index (χ2n) is 4.17. The molecule has 2 rings (SSSR count). The molecule has 0 saturated carbocycles. The molecule has 2 heterocycles. The van der Waals surface area contributed by atoms with E-state index < -0.39 is 11.7 Å². The topological polar surface area (TPSA) is 113 Å². The number of hydrogen-bond donors (Lipinski definition) is 3. The number of methoxy groups -OCH3 is 1. The van der Waals surface area contributed by atoms with Gasteiger partial charge < -0.3 is 15.4 Å². The summed E-state index contributed by atoms with van der Waals surface area (Å²) in [5.74, 6) is 0.235. The third-order valence-electron chi connectivity index (χ3n) is 2.64. The molecule has 0 aliphatic carbocycles. The zero-order valence-electron chi connectivity index (χ0n) is 11.2. The van der Waals surface area contributed by atoms with Gasteiger partial charge in [0.05, 0.1) is 6.61 Å². The molecule has 0 spiro atoms. The molecule has 108 valence electrons. The Morgan fingerprint density at radius 1 is 1.55 bits per heavy atom. The number of fused-ring (bicyclic) bond motifs is 1. The molecule has 20 heavy (non-hydrogen) atoms. The van der Waals surface area contributed by atoms with Crippen LogP contribution in [0.2, 0.25) is 0 Å². The number of aromatic amines is 1. The normalized spacial score (nSPS) is 12.3. The molecule has 0 aromatic carbocycles. The molecule has 1 atom stereocenters. The van der Waals surface area contributed by atoms with Gasteiger partial charge in [0.1, 0.15) is 11.9 Å². The summed E-state index contributed by atoms with van der Waals surface area (Å²) >= 11 is 0. The maximum Gasteiger partial charge on any atom is 0.364 e. The minimum Gasteiger partial charge on any atom is -0.383 e. The molecule has 1 unspecified atom stereocenters. The number of hydrogen-bond acceptors (Lipinski definition) is 6. The van der Waals surface area contributed by atoms with Gasteiger partial charge in [0.2, 0.25) is 5.91 Å². The Kier molecular flexibility index (Phi) is 4.31. The Balaban J connectivity index is 2.01. The lowest BCUT2D eigenvalue weighted by atomic mass is 10.3. The van der Waals surface area contributed by atoms with Crippen molar-refractivity contribution in [3.63, 3.8) is 0 Å². The van der Waals surface area contributed by atoms with E-state index in [4.69, 9.17) is 4.74 Å². The van der Waals surface area contributed by atoms with E-state index in [-0.39, 0.29) is 5.91 Å². The van der Waals surface area contributed by atoms with Crippen LogP contribution in [0, 0.1) is 0 Å². The molecule has 0 saturated heterocycles. The first kappa shape index (κ1) is 14.0. The number of carbonyl (C=O) groups excluding carboxylic acids is 1. The highest BCUT2D eigenvalue weighted by molar-refractivity contribution is 5.83. The first-order valence-electron chi connectivity index (χ1n) is 6.09. The fourth-order valence-corrected chi connectivity index (χ4v) is 1.60. The summed E-state index contributed by atoms with van der Waals surface area (Å²) in [4.78, 5) is 23.1. The minimum absolute atomic E-state index is 0.177. The van der Waals surface area contributed by atoms with E-state index in [0.717, 1.165) is 4.52 Å². The van der Waals surface area contributed by atoms with Gasteiger partial charge in [-0.05, 0) is 19.1 Å². The van der Waals surface area contributed by atoms with E-state index in [1.54, 1.807) is 26.2 Å². The molecule has 2 aromatic rings. The van der Waals surface area contributed by atoms with Crippen molar-refractivity contribution in [1.29, 1.82) is 0 Å². The van der Waals surface area contributed by atoms with Gasteiger partial charge in [-0.3, -0.25) is 4.79 Å². The summed E-state index contributed by atoms with van der Waals surface area (Å²) in [5.41, 5.74) is -0.0152. The first-order chi connectivity index (χ1) is 9.61. The van der Waals surface area contributed by atoms with Gasteiger partial charge in [0.25, 0.3) is 0 Å². The SMILES string of the molecule is COCCNC(=O)C(C)Nc1ccc2n[nH]c(=O)n2n1. The monoisotopic (exact) mass is 280 g/mol. The van der Waals surface area contributed by atoms with E-state index in [2.05, 4.69) is 25.9 Å². The van der Waals surface area contributed by atoms with Crippen LogP contribution in [0.15, 0.2) is 16.9 Å².